The Morgan fingerprint density at radius 2 is 1.88 bits per heavy atom. The summed E-state index contributed by atoms with van der Waals surface area (Å²) in [4.78, 5) is 16.5. The molecule has 25 heavy (non-hydrogen) atoms. The number of amides is 1. The molecule has 0 aromatic heterocycles. The summed E-state index contributed by atoms with van der Waals surface area (Å²) in [5.74, 6) is 0.637. The minimum Gasteiger partial charge on any atom is -0.282 e. The molecule has 2 heterocycles. The van der Waals surface area contributed by atoms with Crippen molar-refractivity contribution in [3.63, 3.8) is 0 Å². The largest absolute Gasteiger partial charge is 0.283 e. The predicted molar refractivity (Wildman–Crippen MR) is 105 cm³/mol. The van der Waals surface area contributed by atoms with Gasteiger partial charge in [-0.3, -0.25) is 10.2 Å². The second-order valence-electron chi connectivity index (χ2n) is 6.93. The van der Waals surface area contributed by atoms with Gasteiger partial charge in [0.05, 0.1) is 5.57 Å². The van der Waals surface area contributed by atoms with Crippen LogP contribution in [0.15, 0.2) is 39.9 Å². The summed E-state index contributed by atoms with van der Waals surface area (Å²) in [6.45, 7) is 8.51. The van der Waals surface area contributed by atoms with E-state index in [1.165, 1.54) is 22.3 Å². The fourth-order valence-electron chi connectivity index (χ4n) is 2.61. The number of hydrazone groups is 1. The lowest BCUT2D eigenvalue weighted by Crippen LogP contribution is -2.35. The van der Waals surface area contributed by atoms with E-state index >= 15 is 0 Å². The van der Waals surface area contributed by atoms with Gasteiger partial charge < -0.3 is 0 Å². The lowest BCUT2D eigenvalue weighted by molar-refractivity contribution is -0.114. The first-order valence-corrected chi connectivity index (χ1v) is 9.26. The minimum absolute atomic E-state index is 0.0918. The molecule has 0 saturated heterocycles. The minimum atomic E-state index is -0.377. The fraction of sp³-hybridized carbons (Fsp3) is 0.368. The highest BCUT2D eigenvalue weighted by atomic mass is 32.2. The van der Waals surface area contributed by atoms with Gasteiger partial charge >= 0.3 is 0 Å². The van der Waals surface area contributed by atoms with Crippen LogP contribution in [-0.4, -0.2) is 27.0 Å². The van der Waals surface area contributed by atoms with E-state index in [1.54, 1.807) is 6.08 Å². The Labute approximate surface area is 152 Å². The molecule has 0 radical (unpaired) electrons. The van der Waals surface area contributed by atoms with Crippen LogP contribution in [0.2, 0.25) is 0 Å². The van der Waals surface area contributed by atoms with Crippen molar-refractivity contribution in [1.82, 2.24) is 5.01 Å². The molecule has 1 aromatic rings. The number of thioether (sulfide) groups is 1. The van der Waals surface area contributed by atoms with E-state index in [-0.39, 0.29) is 17.3 Å². The number of nitrogens with one attached hydrogen (secondary N) is 1. The van der Waals surface area contributed by atoms with E-state index in [9.17, 15) is 4.79 Å². The topological polar surface area (TPSA) is 68.9 Å². The molecule has 6 heteroatoms. The van der Waals surface area contributed by atoms with E-state index in [1.807, 2.05) is 24.3 Å². The molecule has 0 spiro atoms. The van der Waals surface area contributed by atoms with Gasteiger partial charge in [-0.15, -0.1) is 0 Å². The molecule has 5 nitrogen and oxygen atoms in total. The number of carbonyl (C=O) groups excluding carboxylic acids is 1. The maximum absolute atomic E-state index is 12.4. The molecule has 130 valence electrons. The summed E-state index contributed by atoms with van der Waals surface area (Å²) in [6, 6.07) is 8.03. The Morgan fingerprint density at radius 1 is 1.20 bits per heavy atom. The maximum Gasteiger partial charge on any atom is 0.283 e. The number of nitrogens with zero attached hydrogens (tertiary/aromatic N) is 3. The van der Waals surface area contributed by atoms with Crippen molar-refractivity contribution in [2.24, 2.45) is 16.0 Å². The van der Waals surface area contributed by atoms with Crippen molar-refractivity contribution in [2.75, 3.05) is 0 Å². The summed E-state index contributed by atoms with van der Waals surface area (Å²) >= 11 is 1.38. The van der Waals surface area contributed by atoms with Gasteiger partial charge in [0.2, 0.25) is 5.17 Å². The number of benzene rings is 1. The SMILES string of the molecule is CC(C)CC1=NN2C(=N)C(=Cc3ccc(C(C)C)cc3)C(=O)N=C2S1. The normalized spacial score (nSPS) is 19.0. The second-order valence-corrected chi connectivity index (χ2v) is 7.97. The third-order valence-electron chi connectivity index (χ3n) is 3.99. The first-order valence-electron chi connectivity index (χ1n) is 8.44. The van der Waals surface area contributed by atoms with E-state index in [0.717, 1.165) is 17.0 Å². The second kappa shape index (κ2) is 6.96. The van der Waals surface area contributed by atoms with Gasteiger partial charge in [-0.1, -0.05) is 52.0 Å². The van der Waals surface area contributed by atoms with Crippen molar-refractivity contribution in [2.45, 2.75) is 40.0 Å². The third kappa shape index (κ3) is 3.74. The Hall–Kier alpha value is -2.21. The molecule has 0 unspecified atom stereocenters. The number of fused-ring (bicyclic) bond motifs is 1. The van der Waals surface area contributed by atoms with Gasteiger partial charge in [0.1, 0.15) is 5.04 Å². The summed E-state index contributed by atoms with van der Waals surface area (Å²) in [6.07, 6.45) is 2.53. The molecule has 1 N–H and O–H groups in total. The van der Waals surface area contributed by atoms with Crippen molar-refractivity contribution in [3.05, 3.63) is 41.0 Å². The standard InChI is InChI=1S/C19H22N4OS/c1-11(2)9-16-22-23-17(20)15(18(24)21-19(23)25-16)10-13-5-7-14(8-6-13)12(3)4/h5-8,10-12,20H,9H2,1-4H3. The van der Waals surface area contributed by atoms with Crippen LogP contribution in [0.3, 0.4) is 0 Å². The van der Waals surface area contributed by atoms with Crippen LogP contribution < -0.4 is 0 Å². The van der Waals surface area contributed by atoms with Crippen LogP contribution in [0.1, 0.15) is 51.2 Å². The molecule has 0 aliphatic carbocycles. The van der Waals surface area contributed by atoms with Gasteiger partial charge in [0.25, 0.3) is 5.91 Å². The lowest BCUT2D eigenvalue weighted by Gasteiger charge is -2.20. The molecule has 0 saturated carbocycles. The van der Waals surface area contributed by atoms with Gasteiger partial charge in [-0.2, -0.15) is 15.1 Å². The molecule has 2 aliphatic heterocycles. The number of hydrogen-bond acceptors (Lipinski definition) is 4. The fourth-order valence-corrected chi connectivity index (χ4v) is 3.70. The lowest BCUT2D eigenvalue weighted by atomic mass is 10.0. The average molecular weight is 354 g/mol. The Morgan fingerprint density at radius 3 is 2.48 bits per heavy atom. The summed E-state index contributed by atoms with van der Waals surface area (Å²) in [5.41, 5.74) is 2.40. The van der Waals surface area contributed by atoms with E-state index in [2.05, 4.69) is 37.8 Å². The molecule has 3 rings (SSSR count). The third-order valence-corrected chi connectivity index (χ3v) is 4.92. The van der Waals surface area contributed by atoms with Crippen molar-refractivity contribution >= 4 is 39.8 Å². The summed E-state index contributed by atoms with van der Waals surface area (Å²) in [7, 11) is 0. The van der Waals surface area contributed by atoms with Crippen LogP contribution in [-0.2, 0) is 4.79 Å². The molecule has 0 atom stereocenters. The van der Waals surface area contributed by atoms with E-state index < -0.39 is 0 Å². The smallest absolute Gasteiger partial charge is 0.282 e. The zero-order chi connectivity index (χ0) is 18.1. The first-order chi connectivity index (χ1) is 11.8. The van der Waals surface area contributed by atoms with Crippen LogP contribution >= 0.6 is 11.8 Å². The maximum atomic E-state index is 12.4. The van der Waals surface area contributed by atoms with Gasteiger partial charge in [0, 0.05) is 6.42 Å². The molecular weight excluding hydrogens is 332 g/mol. The van der Waals surface area contributed by atoms with Crippen molar-refractivity contribution in [1.29, 1.82) is 5.41 Å². The molecular formula is C19H22N4OS. The molecule has 2 aliphatic rings. The van der Waals surface area contributed by atoms with Crippen LogP contribution in [0.4, 0.5) is 0 Å². The zero-order valence-electron chi connectivity index (χ0n) is 14.9. The predicted octanol–water partition coefficient (Wildman–Crippen LogP) is 4.48. The highest BCUT2D eigenvalue weighted by molar-refractivity contribution is 8.26. The highest BCUT2D eigenvalue weighted by Gasteiger charge is 2.35. The zero-order valence-corrected chi connectivity index (χ0v) is 15.7. The number of hydrogen-bond donors (Lipinski definition) is 1. The molecule has 0 fully saturated rings. The van der Waals surface area contributed by atoms with Crippen molar-refractivity contribution < 1.29 is 4.79 Å². The highest BCUT2D eigenvalue weighted by Crippen LogP contribution is 2.30. The summed E-state index contributed by atoms with van der Waals surface area (Å²) in [5, 5.41) is 15.7. The molecule has 1 aromatic carbocycles. The number of rotatable bonds is 4. The number of aliphatic imine (C=N–C) groups is 1. The van der Waals surface area contributed by atoms with E-state index in [0.29, 0.717) is 17.0 Å². The number of amidine groups is 2. The quantitative estimate of drug-likeness (QED) is 0.811. The number of carbonyl (C=O) groups is 1. The van der Waals surface area contributed by atoms with Crippen molar-refractivity contribution in [3.8, 4) is 0 Å². The Kier molecular flexibility index (Phi) is 4.90. The van der Waals surface area contributed by atoms with Crippen LogP contribution in [0, 0.1) is 11.3 Å². The summed E-state index contributed by atoms with van der Waals surface area (Å²) < 4.78 is 0. The van der Waals surface area contributed by atoms with E-state index in [4.69, 9.17) is 5.41 Å². The van der Waals surface area contributed by atoms with Gasteiger partial charge in [-0.25, -0.2) is 0 Å². The Bertz CT molecular complexity index is 803. The Balaban J connectivity index is 1.87. The monoisotopic (exact) mass is 354 g/mol. The van der Waals surface area contributed by atoms with Gasteiger partial charge in [-0.05, 0) is 40.8 Å². The van der Waals surface area contributed by atoms with Crippen LogP contribution in [0.5, 0.6) is 0 Å². The first kappa shape index (κ1) is 17.6. The molecule has 0 bridgehead atoms. The molecule has 1 amide bonds. The van der Waals surface area contributed by atoms with Gasteiger partial charge in [0.15, 0.2) is 5.84 Å². The average Bonchev–Trinajstić information content (AvgIpc) is 2.93. The van der Waals surface area contributed by atoms with Crippen LogP contribution in [0.25, 0.3) is 6.08 Å².